The van der Waals surface area contributed by atoms with Crippen LogP contribution in [0.25, 0.3) is 0 Å². The summed E-state index contributed by atoms with van der Waals surface area (Å²) in [5.41, 5.74) is 0.440. The second kappa shape index (κ2) is 5.15. The number of rotatable bonds is 3. The van der Waals surface area contributed by atoms with Crippen molar-refractivity contribution in [2.75, 3.05) is 5.32 Å². The van der Waals surface area contributed by atoms with E-state index in [9.17, 15) is 13.2 Å². The Bertz CT molecular complexity index is 494. The summed E-state index contributed by atoms with van der Waals surface area (Å²) in [6.45, 7) is 3.64. The van der Waals surface area contributed by atoms with E-state index in [1.807, 2.05) is 13.8 Å². The fourth-order valence-electron chi connectivity index (χ4n) is 1.14. The first-order valence-electron chi connectivity index (χ1n) is 4.94. The van der Waals surface area contributed by atoms with Gasteiger partial charge in [-0.15, -0.1) is 0 Å². The number of anilines is 1. The first-order valence-corrected chi connectivity index (χ1v) is 6.38. The van der Waals surface area contributed by atoms with E-state index in [1.165, 1.54) is 24.3 Å². The number of carbonyl (C=O) groups excluding carboxylic acids is 1. The molecule has 0 aliphatic carbocycles. The van der Waals surface area contributed by atoms with Crippen LogP contribution in [0.15, 0.2) is 29.2 Å². The summed E-state index contributed by atoms with van der Waals surface area (Å²) in [4.78, 5) is 11.1. The van der Waals surface area contributed by atoms with E-state index >= 15 is 0 Å². The van der Waals surface area contributed by atoms with Crippen molar-refractivity contribution in [2.24, 2.45) is 0 Å². The molecule has 0 heterocycles. The first kappa shape index (κ1) is 13.5. The zero-order chi connectivity index (χ0) is 13.1. The minimum absolute atomic E-state index is 0.00657. The SMILES string of the molecule is CC(C)NC(=O)Nc1ccc(S(=O)(=O)O)cc1. The van der Waals surface area contributed by atoms with Crippen molar-refractivity contribution in [1.82, 2.24) is 5.32 Å². The highest BCUT2D eigenvalue weighted by Gasteiger charge is 2.09. The third-order valence-electron chi connectivity index (χ3n) is 1.83. The van der Waals surface area contributed by atoms with Gasteiger partial charge in [0, 0.05) is 11.7 Å². The molecule has 3 N–H and O–H groups in total. The van der Waals surface area contributed by atoms with Gasteiger partial charge in [-0.3, -0.25) is 4.55 Å². The summed E-state index contributed by atoms with van der Waals surface area (Å²) in [5, 5.41) is 5.14. The highest BCUT2D eigenvalue weighted by Crippen LogP contribution is 2.13. The Labute approximate surface area is 99.8 Å². The third kappa shape index (κ3) is 4.41. The smallest absolute Gasteiger partial charge is 0.319 e. The number of hydrogen-bond donors (Lipinski definition) is 3. The quantitative estimate of drug-likeness (QED) is 0.715. The molecule has 1 aromatic carbocycles. The highest BCUT2D eigenvalue weighted by atomic mass is 32.2. The summed E-state index contributed by atoms with van der Waals surface area (Å²) in [6.07, 6.45) is 0. The van der Waals surface area contributed by atoms with Gasteiger partial charge in [0.15, 0.2) is 0 Å². The van der Waals surface area contributed by atoms with E-state index in [0.717, 1.165) is 0 Å². The predicted molar refractivity (Wildman–Crippen MR) is 63.5 cm³/mol. The van der Waals surface area contributed by atoms with Crippen LogP contribution in [0, 0.1) is 0 Å². The van der Waals surface area contributed by atoms with E-state index < -0.39 is 10.1 Å². The number of benzene rings is 1. The largest absolute Gasteiger partial charge is 0.336 e. The highest BCUT2D eigenvalue weighted by molar-refractivity contribution is 7.85. The molecule has 17 heavy (non-hydrogen) atoms. The Morgan fingerprint density at radius 3 is 2.18 bits per heavy atom. The van der Waals surface area contributed by atoms with Crippen LogP contribution in [-0.2, 0) is 10.1 Å². The molecule has 7 heteroatoms. The van der Waals surface area contributed by atoms with Crippen LogP contribution >= 0.6 is 0 Å². The van der Waals surface area contributed by atoms with E-state index in [1.54, 1.807) is 0 Å². The number of nitrogens with one attached hydrogen (secondary N) is 2. The molecule has 6 nitrogen and oxygen atoms in total. The zero-order valence-corrected chi connectivity index (χ0v) is 10.3. The molecular formula is C10H14N2O4S. The summed E-state index contributed by atoms with van der Waals surface area (Å²) in [6, 6.07) is 4.83. The lowest BCUT2D eigenvalue weighted by atomic mass is 10.3. The van der Waals surface area contributed by atoms with Crippen molar-refractivity contribution in [3.05, 3.63) is 24.3 Å². The minimum atomic E-state index is -4.20. The Hall–Kier alpha value is -1.60. The van der Waals surface area contributed by atoms with Crippen LogP contribution in [0.2, 0.25) is 0 Å². The van der Waals surface area contributed by atoms with Gasteiger partial charge in [-0.1, -0.05) is 0 Å². The van der Waals surface area contributed by atoms with Crippen molar-refractivity contribution in [3.8, 4) is 0 Å². The zero-order valence-electron chi connectivity index (χ0n) is 9.47. The molecule has 0 aliphatic rings. The van der Waals surface area contributed by atoms with Crippen molar-refractivity contribution < 1.29 is 17.8 Å². The minimum Gasteiger partial charge on any atom is -0.336 e. The fraction of sp³-hybridized carbons (Fsp3) is 0.300. The summed E-state index contributed by atoms with van der Waals surface area (Å²) < 4.78 is 30.3. The van der Waals surface area contributed by atoms with Gasteiger partial charge in [0.05, 0.1) is 4.90 Å². The Kier molecular flexibility index (Phi) is 4.08. The van der Waals surface area contributed by atoms with Crippen molar-refractivity contribution in [2.45, 2.75) is 24.8 Å². The van der Waals surface area contributed by atoms with E-state index in [4.69, 9.17) is 4.55 Å². The molecule has 0 aliphatic heterocycles. The maximum absolute atomic E-state index is 11.3. The molecule has 0 bridgehead atoms. The third-order valence-corrected chi connectivity index (χ3v) is 2.70. The van der Waals surface area contributed by atoms with Crippen LogP contribution in [0.1, 0.15) is 13.8 Å². The number of hydrogen-bond acceptors (Lipinski definition) is 3. The maximum atomic E-state index is 11.3. The van der Waals surface area contributed by atoms with Crippen LogP contribution < -0.4 is 10.6 Å². The topological polar surface area (TPSA) is 95.5 Å². The Morgan fingerprint density at radius 1 is 1.24 bits per heavy atom. The molecule has 0 aromatic heterocycles. The predicted octanol–water partition coefficient (Wildman–Crippen LogP) is 1.46. The van der Waals surface area contributed by atoms with Crippen LogP contribution in [-0.4, -0.2) is 25.0 Å². The Morgan fingerprint density at radius 2 is 1.76 bits per heavy atom. The van der Waals surface area contributed by atoms with Gasteiger partial charge in [0.2, 0.25) is 0 Å². The molecule has 0 spiro atoms. The number of carbonyl (C=O) groups is 1. The van der Waals surface area contributed by atoms with Crippen LogP contribution in [0.5, 0.6) is 0 Å². The lowest BCUT2D eigenvalue weighted by Crippen LogP contribution is -2.34. The standard InChI is InChI=1S/C10H14N2O4S/c1-7(2)11-10(13)12-8-3-5-9(6-4-8)17(14,15)16/h3-7H,1-2H3,(H2,11,12,13)(H,14,15,16). The average Bonchev–Trinajstić information content (AvgIpc) is 2.15. The van der Waals surface area contributed by atoms with Crippen molar-refractivity contribution in [1.29, 1.82) is 0 Å². The molecular weight excluding hydrogens is 244 g/mol. The van der Waals surface area contributed by atoms with Crippen molar-refractivity contribution >= 4 is 21.8 Å². The number of urea groups is 1. The molecule has 1 rings (SSSR count). The molecule has 0 saturated heterocycles. The average molecular weight is 258 g/mol. The maximum Gasteiger partial charge on any atom is 0.319 e. The monoisotopic (exact) mass is 258 g/mol. The second-order valence-corrected chi connectivity index (χ2v) is 5.17. The summed E-state index contributed by atoms with van der Waals surface area (Å²) in [5.74, 6) is 0. The van der Waals surface area contributed by atoms with Crippen molar-refractivity contribution in [3.63, 3.8) is 0 Å². The molecule has 0 saturated carbocycles. The first-order chi connectivity index (χ1) is 7.79. The van der Waals surface area contributed by atoms with Gasteiger partial charge in [0.25, 0.3) is 10.1 Å². The Balaban J connectivity index is 2.73. The molecule has 0 fully saturated rings. The van der Waals surface area contributed by atoms with Gasteiger partial charge in [0.1, 0.15) is 0 Å². The van der Waals surface area contributed by atoms with Gasteiger partial charge in [-0.25, -0.2) is 4.79 Å². The molecule has 0 unspecified atom stereocenters. The van der Waals surface area contributed by atoms with E-state index in [-0.39, 0.29) is 17.0 Å². The number of amides is 2. The van der Waals surface area contributed by atoms with Gasteiger partial charge in [-0.2, -0.15) is 8.42 Å². The van der Waals surface area contributed by atoms with Gasteiger partial charge >= 0.3 is 6.03 Å². The van der Waals surface area contributed by atoms with Crippen LogP contribution in [0.4, 0.5) is 10.5 Å². The van der Waals surface area contributed by atoms with Crippen LogP contribution in [0.3, 0.4) is 0 Å². The lowest BCUT2D eigenvalue weighted by molar-refractivity contribution is 0.250. The molecule has 0 radical (unpaired) electrons. The molecule has 94 valence electrons. The molecule has 1 aromatic rings. The van der Waals surface area contributed by atoms with Gasteiger partial charge < -0.3 is 10.6 Å². The van der Waals surface area contributed by atoms with E-state index in [0.29, 0.717) is 5.69 Å². The summed E-state index contributed by atoms with van der Waals surface area (Å²) >= 11 is 0. The molecule has 0 atom stereocenters. The normalized spacial score (nSPS) is 11.3. The molecule has 2 amide bonds. The fourth-order valence-corrected chi connectivity index (χ4v) is 1.62. The van der Waals surface area contributed by atoms with Gasteiger partial charge in [-0.05, 0) is 38.1 Å². The second-order valence-electron chi connectivity index (χ2n) is 3.75. The van der Waals surface area contributed by atoms with E-state index in [2.05, 4.69) is 10.6 Å². The summed E-state index contributed by atoms with van der Waals surface area (Å²) in [7, 11) is -4.20. The lowest BCUT2D eigenvalue weighted by Gasteiger charge is -2.10.